The maximum atomic E-state index is 12.9. The Morgan fingerprint density at radius 2 is 1.09 bits per heavy atom. The van der Waals surface area contributed by atoms with Gasteiger partial charge in [0.05, 0.1) is 36.5 Å². The Labute approximate surface area is 337 Å². The first-order valence-electron chi connectivity index (χ1n) is 19.1. The van der Waals surface area contributed by atoms with Crippen LogP contribution in [0.3, 0.4) is 0 Å². The lowest BCUT2D eigenvalue weighted by Crippen LogP contribution is -2.32. The standard InChI is InChI=1S/C46H46O12/c1-4-42(47)53-28-7-6-27-52-36-19-13-33(14-20-36)45(50)57-39-25-26-40(31(3)30-39)58-46(51)35-17-23-38(24-18-35)56-44(49)34-15-21-37(22-16-34)55-41(32-10-8-11-32)12-9-29-54-43(48)5-2/h4-5,13-26,30,32,41H,1-2,6-12,27-29H2,3H3. The molecule has 302 valence electrons. The summed E-state index contributed by atoms with van der Waals surface area (Å²) in [5.74, 6) is -0.223. The second kappa shape index (κ2) is 21.6. The second-order valence-corrected chi connectivity index (χ2v) is 13.5. The van der Waals surface area contributed by atoms with Crippen LogP contribution in [0.2, 0.25) is 0 Å². The number of carbonyl (C=O) groups excluding carboxylic acids is 5. The second-order valence-electron chi connectivity index (χ2n) is 13.5. The highest BCUT2D eigenvalue weighted by molar-refractivity contribution is 5.93. The zero-order valence-electron chi connectivity index (χ0n) is 32.4. The third kappa shape index (κ3) is 12.9. The summed E-state index contributed by atoms with van der Waals surface area (Å²) in [4.78, 5) is 61.0. The van der Waals surface area contributed by atoms with E-state index in [2.05, 4.69) is 13.2 Å². The molecule has 0 saturated heterocycles. The van der Waals surface area contributed by atoms with Gasteiger partial charge in [0.1, 0.15) is 34.9 Å². The fourth-order valence-electron chi connectivity index (χ4n) is 5.83. The number of benzene rings is 4. The molecule has 0 heterocycles. The van der Waals surface area contributed by atoms with Crippen molar-refractivity contribution in [1.29, 1.82) is 0 Å². The highest BCUT2D eigenvalue weighted by atomic mass is 16.6. The molecule has 1 saturated carbocycles. The van der Waals surface area contributed by atoms with Gasteiger partial charge in [-0.1, -0.05) is 19.6 Å². The number of hydrogen-bond donors (Lipinski definition) is 0. The summed E-state index contributed by atoms with van der Waals surface area (Å²) in [5.41, 5.74) is 1.45. The smallest absolute Gasteiger partial charge is 0.343 e. The van der Waals surface area contributed by atoms with Gasteiger partial charge in [-0.2, -0.15) is 0 Å². The van der Waals surface area contributed by atoms with Gasteiger partial charge in [0.25, 0.3) is 0 Å². The quantitative estimate of drug-likeness (QED) is 0.0344. The van der Waals surface area contributed by atoms with Crippen LogP contribution in [0.25, 0.3) is 0 Å². The molecule has 1 atom stereocenters. The number of unbranched alkanes of at least 4 members (excludes halogenated alkanes) is 1. The van der Waals surface area contributed by atoms with Crippen LogP contribution in [0.15, 0.2) is 116 Å². The Hall–Kier alpha value is -6.69. The molecule has 5 rings (SSSR count). The van der Waals surface area contributed by atoms with E-state index in [1.807, 2.05) is 0 Å². The topological polar surface area (TPSA) is 150 Å². The average molecular weight is 791 g/mol. The van der Waals surface area contributed by atoms with Gasteiger partial charge in [-0.25, -0.2) is 24.0 Å². The van der Waals surface area contributed by atoms with Crippen LogP contribution in [-0.4, -0.2) is 55.8 Å². The average Bonchev–Trinajstić information content (AvgIpc) is 3.21. The summed E-state index contributed by atoms with van der Waals surface area (Å²) in [7, 11) is 0. The lowest BCUT2D eigenvalue weighted by atomic mass is 9.79. The zero-order chi connectivity index (χ0) is 41.3. The van der Waals surface area contributed by atoms with Crippen molar-refractivity contribution in [3.63, 3.8) is 0 Å². The van der Waals surface area contributed by atoms with Crippen molar-refractivity contribution in [3.05, 3.63) is 139 Å². The number of rotatable bonds is 21. The maximum Gasteiger partial charge on any atom is 0.343 e. The van der Waals surface area contributed by atoms with Gasteiger partial charge in [0.15, 0.2) is 0 Å². The van der Waals surface area contributed by atoms with Crippen LogP contribution in [0.4, 0.5) is 0 Å². The van der Waals surface area contributed by atoms with Crippen molar-refractivity contribution in [2.45, 2.75) is 58.0 Å². The molecule has 0 aromatic heterocycles. The van der Waals surface area contributed by atoms with Crippen molar-refractivity contribution >= 4 is 29.8 Å². The molecule has 1 aliphatic rings. The number of ether oxygens (including phenoxy) is 7. The largest absolute Gasteiger partial charge is 0.494 e. The van der Waals surface area contributed by atoms with E-state index in [-0.39, 0.29) is 35.5 Å². The Kier molecular flexibility index (Phi) is 15.8. The van der Waals surface area contributed by atoms with Crippen molar-refractivity contribution in [2.24, 2.45) is 5.92 Å². The van der Waals surface area contributed by atoms with Crippen LogP contribution >= 0.6 is 0 Å². The van der Waals surface area contributed by atoms with Crippen LogP contribution < -0.4 is 23.7 Å². The van der Waals surface area contributed by atoms with Gasteiger partial charge in [-0.3, -0.25) is 0 Å². The van der Waals surface area contributed by atoms with Crippen LogP contribution in [0.5, 0.6) is 28.7 Å². The molecule has 0 amide bonds. The molecule has 12 nitrogen and oxygen atoms in total. The first-order valence-corrected chi connectivity index (χ1v) is 19.1. The van der Waals surface area contributed by atoms with Gasteiger partial charge >= 0.3 is 29.8 Å². The van der Waals surface area contributed by atoms with E-state index < -0.39 is 29.8 Å². The molecule has 12 heteroatoms. The first kappa shape index (κ1) is 42.5. The van der Waals surface area contributed by atoms with Crippen LogP contribution in [0.1, 0.15) is 81.6 Å². The van der Waals surface area contributed by atoms with E-state index in [1.165, 1.54) is 36.4 Å². The Balaban J connectivity index is 1.05. The van der Waals surface area contributed by atoms with Crippen molar-refractivity contribution < 1.29 is 57.1 Å². The lowest BCUT2D eigenvalue weighted by molar-refractivity contribution is -0.138. The molecule has 58 heavy (non-hydrogen) atoms. The Bertz CT molecular complexity index is 2050. The number of hydrogen-bond acceptors (Lipinski definition) is 12. The molecule has 0 aliphatic heterocycles. The lowest BCUT2D eigenvalue weighted by Gasteiger charge is -2.34. The third-order valence-electron chi connectivity index (χ3n) is 9.27. The van der Waals surface area contributed by atoms with Crippen LogP contribution in [0, 0.1) is 12.8 Å². The minimum Gasteiger partial charge on any atom is -0.494 e. The van der Waals surface area contributed by atoms with Gasteiger partial charge in [-0.05, 0) is 148 Å². The minimum absolute atomic E-state index is 0.0169. The summed E-state index contributed by atoms with van der Waals surface area (Å²) in [6, 6.07) is 23.9. The summed E-state index contributed by atoms with van der Waals surface area (Å²) in [6.07, 6.45) is 8.32. The molecule has 1 unspecified atom stereocenters. The fraction of sp³-hybridized carbons (Fsp3) is 0.283. The summed E-state index contributed by atoms with van der Waals surface area (Å²) >= 11 is 0. The van der Waals surface area contributed by atoms with E-state index in [0.29, 0.717) is 66.6 Å². The molecule has 1 fully saturated rings. The highest BCUT2D eigenvalue weighted by Crippen LogP contribution is 2.34. The zero-order valence-corrected chi connectivity index (χ0v) is 32.4. The first-order chi connectivity index (χ1) is 28.1. The SMILES string of the molecule is C=CC(=O)OCCCCOc1ccc(C(=O)Oc2ccc(OC(=O)c3ccc(OC(=O)c4ccc(OC(CCCOC(=O)C=C)C5CCC5)cc4)cc3)c(C)c2)cc1. The molecule has 0 radical (unpaired) electrons. The third-order valence-corrected chi connectivity index (χ3v) is 9.27. The molecule has 0 bridgehead atoms. The molecule has 0 spiro atoms. The number of esters is 5. The van der Waals surface area contributed by atoms with Crippen molar-refractivity contribution in [2.75, 3.05) is 19.8 Å². The highest BCUT2D eigenvalue weighted by Gasteiger charge is 2.29. The van der Waals surface area contributed by atoms with E-state index in [0.717, 1.165) is 37.8 Å². The molecule has 0 N–H and O–H groups in total. The number of aryl methyl sites for hydroxylation is 1. The fourth-order valence-corrected chi connectivity index (χ4v) is 5.83. The molecular formula is C46H46O12. The van der Waals surface area contributed by atoms with Crippen molar-refractivity contribution in [3.8, 4) is 28.7 Å². The number of carbonyl (C=O) groups is 5. The van der Waals surface area contributed by atoms with Gasteiger partial charge in [0.2, 0.25) is 0 Å². The van der Waals surface area contributed by atoms with Crippen LogP contribution in [-0.2, 0) is 19.1 Å². The molecule has 4 aromatic rings. The van der Waals surface area contributed by atoms with Gasteiger partial charge in [0, 0.05) is 12.2 Å². The monoisotopic (exact) mass is 790 g/mol. The molecule has 4 aromatic carbocycles. The van der Waals surface area contributed by atoms with Gasteiger partial charge in [-0.15, -0.1) is 0 Å². The van der Waals surface area contributed by atoms with Gasteiger partial charge < -0.3 is 33.2 Å². The van der Waals surface area contributed by atoms with E-state index >= 15 is 0 Å². The maximum absolute atomic E-state index is 12.9. The van der Waals surface area contributed by atoms with Crippen molar-refractivity contribution in [1.82, 2.24) is 0 Å². The Morgan fingerprint density at radius 1 is 0.603 bits per heavy atom. The van der Waals surface area contributed by atoms with E-state index in [1.54, 1.807) is 61.5 Å². The summed E-state index contributed by atoms with van der Waals surface area (Å²) in [6.45, 7) is 9.48. The molecular weight excluding hydrogens is 744 g/mol. The predicted molar refractivity (Wildman–Crippen MR) is 213 cm³/mol. The normalized spacial score (nSPS) is 12.5. The van der Waals surface area contributed by atoms with E-state index in [9.17, 15) is 24.0 Å². The predicted octanol–water partition coefficient (Wildman–Crippen LogP) is 8.60. The summed E-state index contributed by atoms with van der Waals surface area (Å²) < 4.78 is 38.6. The minimum atomic E-state index is -0.627. The molecule has 1 aliphatic carbocycles. The summed E-state index contributed by atoms with van der Waals surface area (Å²) in [5, 5.41) is 0. The van der Waals surface area contributed by atoms with E-state index in [4.69, 9.17) is 33.2 Å². The Morgan fingerprint density at radius 3 is 1.62 bits per heavy atom.